The molecule has 2 atom stereocenters. The summed E-state index contributed by atoms with van der Waals surface area (Å²) in [5.41, 5.74) is 2.28. The second-order valence-corrected chi connectivity index (χ2v) is 7.78. The van der Waals surface area contributed by atoms with Crippen molar-refractivity contribution in [3.63, 3.8) is 0 Å². The number of carbonyl (C=O) groups excluding carboxylic acids is 2. The molecule has 160 valence electrons. The highest BCUT2D eigenvalue weighted by Gasteiger charge is 2.24. The maximum absolute atomic E-state index is 12.8. The van der Waals surface area contributed by atoms with E-state index in [9.17, 15) is 9.59 Å². The molecule has 1 aromatic rings. The molecule has 2 fully saturated rings. The number of anilines is 2. The molecule has 4 amide bonds. The van der Waals surface area contributed by atoms with Gasteiger partial charge in [0.1, 0.15) is 0 Å². The van der Waals surface area contributed by atoms with Gasteiger partial charge in [0.25, 0.3) is 0 Å². The Hall–Kier alpha value is -2.32. The minimum Gasteiger partial charge on any atom is -0.380 e. The SMILES string of the molecule is Cc1ccc(NC(=O)N2CCOCCC2C)cc1NC(=O)N1CCOCCC1C. The second kappa shape index (κ2) is 9.93. The van der Waals surface area contributed by atoms with Crippen LogP contribution in [0.2, 0.25) is 0 Å². The Morgan fingerprint density at radius 1 is 0.897 bits per heavy atom. The highest BCUT2D eigenvalue weighted by atomic mass is 16.5. The fourth-order valence-electron chi connectivity index (χ4n) is 3.61. The van der Waals surface area contributed by atoms with E-state index in [1.807, 2.05) is 39.0 Å². The Balaban J connectivity index is 1.67. The van der Waals surface area contributed by atoms with E-state index >= 15 is 0 Å². The van der Waals surface area contributed by atoms with Crippen LogP contribution in [-0.2, 0) is 9.47 Å². The molecule has 0 bridgehead atoms. The van der Waals surface area contributed by atoms with Crippen LogP contribution in [0.15, 0.2) is 18.2 Å². The molecular weight excluding hydrogens is 372 g/mol. The summed E-state index contributed by atoms with van der Waals surface area (Å²) < 4.78 is 10.9. The van der Waals surface area contributed by atoms with Crippen molar-refractivity contribution in [2.75, 3.05) is 50.2 Å². The third-order valence-corrected chi connectivity index (χ3v) is 5.63. The molecule has 0 radical (unpaired) electrons. The fourth-order valence-corrected chi connectivity index (χ4v) is 3.61. The van der Waals surface area contributed by atoms with Gasteiger partial charge in [0.15, 0.2) is 0 Å². The normalized spacial score (nSPS) is 23.1. The van der Waals surface area contributed by atoms with Gasteiger partial charge in [-0.05, 0) is 51.3 Å². The van der Waals surface area contributed by atoms with Crippen molar-refractivity contribution >= 4 is 23.4 Å². The Morgan fingerprint density at radius 2 is 1.45 bits per heavy atom. The molecule has 3 rings (SSSR count). The number of ether oxygens (including phenoxy) is 2. The number of rotatable bonds is 2. The van der Waals surface area contributed by atoms with Gasteiger partial charge in [0.05, 0.1) is 13.2 Å². The third kappa shape index (κ3) is 5.61. The van der Waals surface area contributed by atoms with E-state index in [0.717, 1.165) is 18.4 Å². The van der Waals surface area contributed by atoms with Crippen LogP contribution >= 0.6 is 0 Å². The summed E-state index contributed by atoms with van der Waals surface area (Å²) in [6.07, 6.45) is 1.64. The van der Waals surface area contributed by atoms with E-state index < -0.39 is 0 Å². The smallest absolute Gasteiger partial charge is 0.322 e. The Morgan fingerprint density at radius 3 is 2.03 bits per heavy atom. The van der Waals surface area contributed by atoms with Gasteiger partial charge in [-0.15, -0.1) is 0 Å². The first kappa shape index (κ1) is 21.4. The first-order valence-electron chi connectivity index (χ1n) is 10.4. The number of urea groups is 2. The van der Waals surface area contributed by atoms with Crippen LogP contribution in [-0.4, -0.2) is 73.5 Å². The molecular formula is C21H32N4O4. The average Bonchev–Trinajstić information content (AvgIpc) is 3.04. The van der Waals surface area contributed by atoms with Gasteiger partial charge in [-0.1, -0.05) is 6.07 Å². The number of aryl methyl sites for hydroxylation is 1. The first-order chi connectivity index (χ1) is 14.0. The van der Waals surface area contributed by atoms with Gasteiger partial charge in [-0.3, -0.25) is 0 Å². The largest absolute Gasteiger partial charge is 0.380 e. The lowest BCUT2D eigenvalue weighted by Gasteiger charge is -2.28. The fraction of sp³-hybridized carbons (Fsp3) is 0.619. The minimum absolute atomic E-state index is 0.118. The molecule has 0 aromatic heterocycles. The molecule has 1 aromatic carbocycles. The van der Waals surface area contributed by atoms with Gasteiger partial charge in [0, 0.05) is 49.8 Å². The molecule has 8 heteroatoms. The zero-order chi connectivity index (χ0) is 20.8. The van der Waals surface area contributed by atoms with Crippen molar-refractivity contribution < 1.29 is 19.1 Å². The van der Waals surface area contributed by atoms with Crippen molar-refractivity contribution in [2.24, 2.45) is 0 Å². The Kier molecular flexibility index (Phi) is 7.33. The summed E-state index contributed by atoms with van der Waals surface area (Å²) in [5.74, 6) is 0. The maximum Gasteiger partial charge on any atom is 0.322 e. The molecule has 2 aliphatic heterocycles. The summed E-state index contributed by atoms with van der Waals surface area (Å²) in [6.45, 7) is 9.57. The topological polar surface area (TPSA) is 83.1 Å². The highest BCUT2D eigenvalue weighted by Crippen LogP contribution is 2.22. The molecule has 2 saturated heterocycles. The van der Waals surface area contributed by atoms with Crippen molar-refractivity contribution in [3.8, 4) is 0 Å². The minimum atomic E-state index is -0.151. The summed E-state index contributed by atoms with van der Waals surface area (Å²) in [7, 11) is 0. The molecule has 29 heavy (non-hydrogen) atoms. The van der Waals surface area contributed by atoms with E-state index in [0.29, 0.717) is 50.9 Å². The highest BCUT2D eigenvalue weighted by molar-refractivity contribution is 5.93. The van der Waals surface area contributed by atoms with Crippen molar-refractivity contribution in [1.29, 1.82) is 0 Å². The maximum atomic E-state index is 12.8. The molecule has 8 nitrogen and oxygen atoms in total. The monoisotopic (exact) mass is 404 g/mol. The molecule has 0 aliphatic carbocycles. The van der Waals surface area contributed by atoms with E-state index in [2.05, 4.69) is 10.6 Å². The van der Waals surface area contributed by atoms with Crippen LogP contribution in [0.1, 0.15) is 32.3 Å². The van der Waals surface area contributed by atoms with Crippen molar-refractivity contribution in [3.05, 3.63) is 23.8 Å². The molecule has 2 N–H and O–H groups in total. The number of hydrogen-bond donors (Lipinski definition) is 2. The van der Waals surface area contributed by atoms with E-state index in [1.165, 1.54) is 0 Å². The molecule has 0 spiro atoms. The number of nitrogens with zero attached hydrogens (tertiary/aromatic N) is 2. The molecule has 2 aliphatic rings. The summed E-state index contributed by atoms with van der Waals surface area (Å²) in [4.78, 5) is 29.1. The lowest BCUT2D eigenvalue weighted by molar-refractivity contribution is 0.143. The summed E-state index contributed by atoms with van der Waals surface area (Å²) in [5, 5.41) is 5.95. The number of nitrogens with one attached hydrogen (secondary N) is 2. The van der Waals surface area contributed by atoms with Crippen LogP contribution in [0.5, 0.6) is 0 Å². The Labute approximate surface area is 172 Å². The first-order valence-corrected chi connectivity index (χ1v) is 10.4. The number of carbonyl (C=O) groups is 2. The third-order valence-electron chi connectivity index (χ3n) is 5.63. The Bertz CT molecular complexity index is 727. The van der Waals surface area contributed by atoms with Gasteiger partial charge in [-0.25, -0.2) is 9.59 Å². The van der Waals surface area contributed by atoms with E-state index in [4.69, 9.17) is 9.47 Å². The number of amides is 4. The van der Waals surface area contributed by atoms with Crippen LogP contribution in [0.4, 0.5) is 21.0 Å². The lowest BCUT2D eigenvalue weighted by atomic mass is 10.1. The zero-order valence-corrected chi connectivity index (χ0v) is 17.6. The average molecular weight is 405 g/mol. The number of hydrogen-bond acceptors (Lipinski definition) is 4. The number of benzene rings is 1. The van der Waals surface area contributed by atoms with Crippen LogP contribution in [0.25, 0.3) is 0 Å². The van der Waals surface area contributed by atoms with Gasteiger partial charge < -0.3 is 29.9 Å². The summed E-state index contributed by atoms with van der Waals surface area (Å²) >= 11 is 0. The van der Waals surface area contributed by atoms with Gasteiger partial charge in [-0.2, -0.15) is 0 Å². The van der Waals surface area contributed by atoms with Gasteiger partial charge in [0.2, 0.25) is 0 Å². The lowest BCUT2D eigenvalue weighted by Crippen LogP contribution is -2.42. The zero-order valence-electron chi connectivity index (χ0n) is 17.6. The predicted molar refractivity (Wildman–Crippen MR) is 112 cm³/mol. The molecule has 2 unspecified atom stereocenters. The second-order valence-electron chi connectivity index (χ2n) is 7.78. The van der Waals surface area contributed by atoms with E-state index in [-0.39, 0.29) is 24.1 Å². The molecule has 0 saturated carbocycles. The van der Waals surface area contributed by atoms with Crippen molar-refractivity contribution in [2.45, 2.75) is 45.7 Å². The quantitative estimate of drug-likeness (QED) is 0.792. The summed E-state index contributed by atoms with van der Waals surface area (Å²) in [6, 6.07) is 5.50. The van der Waals surface area contributed by atoms with E-state index in [1.54, 1.807) is 9.80 Å². The van der Waals surface area contributed by atoms with Crippen molar-refractivity contribution in [1.82, 2.24) is 9.80 Å². The predicted octanol–water partition coefficient (Wildman–Crippen LogP) is 3.28. The molecule has 2 heterocycles. The van der Waals surface area contributed by atoms with Gasteiger partial charge >= 0.3 is 12.1 Å². The van der Waals surface area contributed by atoms with Crippen LogP contribution < -0.4 is 10.6 Å². The van der Waals surface area contributed by atoms with Crippen LogP contribution in [0.3, 0.4) is 0 Å². The standard InChI is InChI=1S/C21H32N4O4/c1-15-4-5-18(22-20(26)24-8-12-28-10-6-16(24)2)14-19(15)23-21(27)25-9-13-29-11-7-17(25)3/h4-5,14,16-17H,6-13H2,1-3H3,(H,22,26)(H,23,27). The van der Waals surface area contributed by atoms with Crippen LogP contribution in [0, 0.1) is 6.92 Å².